The molecule has 128 valence electrons. The molecule has 0 spiro atoms. The number of likely N-dealkylation sites (tertiary alicyclic amines) is 1. The fourth-order valence-corrected chi connectivity index (χ4v) is 2.26. The molecule has 1 aliphatic heterocycles. The predicted molar refractivity (Wildman–Crippen MR) is 87.1 cm³/mol. The summed E-state index contributed by atoms with van der Waals surface area (Å²) in [5.41, 5.74) is 0. The molecule has 0 atom stereocenters. The molecule has 0 aromatic rings. The minimum Gasteiger partial charge on any atom is -0.382 e. The number of nitrogens with zero attached hydrogens (tertiary/aromatic N) is 2. The Morgan fingerprint density at radius 2 is 1.91 bits per heavy atom. The molecule has 0 radical (unpaired) electrons. The molecule has 1 saturated heterocycles. The highest BCUT2D eigenvalue weighted by atomic mass is 16.5. The van der Waals surface area contributed by atoms with E-state index in [4.69, 9.17) is 9.47 Å². The smallest absolute Gasteiger partial charge is 0.241 e. The molecule has 1 fully saturated rings. The first-order chi connectivity index (χ1) is 10.8. The van der Waals surface area contributed by atoms with Crippen molar-refractivity contribution in [1.82, 2.24) is 15.5 Å². The van der Waals surface area contributed by atoms with E-state index in [1.54, 1.807) is 14.2 Å². The Labute approximate surface area is 133 Å². The standard InChI is InChI=1S/C15H30N4O3/c1-16-15(17-7-6-10-22-12-11-21-2)18-13-14(20)19-8-4-3-5-9-19/h3-13H2,1-2H3,(H2,16,17,18). The summed E-state index contributed by atoms with van der Waals surface area (Å²) >= 11 is 0. The molecule has 0 aromatic carbocycles. The van der Waals surface area contributed by atoms with Crippen LogP contribution in [0.1, 0.15) is 25.7 Å². The van der Waals surface area contributed by atoms with Crippen LogP contribution in [0.5, 0.6) is 0 Å². The van der Waals surface area contributed by atoms with Crippen LogP contribution in [0.4, 0.5) is 0 Å². The van der Waals surface area contributed by atoms with Gasteiger partial charge >= 0.3 is 0 Å². The molecule has 1 amide bonds. The van der Waals surface area contributed by atoms with Crippen LogP contribution in [0, 0.1) is 0 Å². The summed E-state index contributed by atoms with van der Waals surface area (Å²) in [5.74, 6) is 0.799. The number of nitrogens with one attached hydrogen (secondary N) is 2. The predicted octanol–water partition coefficient (Wildman–Crippen LogP) is 0.217. The highest BCUT2D eigenvalue weighted by molar-refractivity contribution is 5.86. The van der Waals surface area contributed by atoms with Gasteiger partial charge in [0.25, 0.3) is 0 Å². The van der Waals surface area contributed by atoms with Crippen LogP contribution in [-0.2, 0) is 14.3 Å². The minimum atomic E-state index is 0.144. The third kappa shape index (κ3) is 8.19. The number of hydrogen-bond donors (Lipinski definition) is 2. The van der Waals surface area contributed by atoms with E-state index in [2.05, 4.69) is 15.6 Å². The van der Waals surface area contributed by atoms with Gasteiger partial charge in [-0.2, -0.15) is 0 Å². The van der Waals surface area contributed by atoms with Gasteiger partial charge in [0.1, 0.15) is 0 Å². The van der Waals surface area contributed by atoms with E-state index in [1.165, 1.54) is 6.42 Å². The van der Waals surface area contributed by atoms with E-state index in [0.29, 0.717) is 32.3 Å². The van der Waals surface area contributed by atoms with Gasteiger partial charge in [-0.15, -0.1) is 0 Å². The molecule has 1 rings (SSSR count). The van der Waals surface area contributed by atoms with Crippen LogP contribution < -0.4 is 10.6 Å². The number of piperidine rings is 1. The van der Waals surface area contributed by atoms with Crippen molar-refractivity contribution >= 4 is 11.9 Å². The van der Waals surface area contributed by atoms with E-state index in [1.807, 2.05) is 4.90 Å². The van der Waals surface area contributed by atoms with Crippen molar-refractivity contribution in [2.45, 2.75) is 25.7 Å². The fourth-order valence-electron chi connectivity index (χ4n) is 2.26. The first-order valence-electron chi connectivity index (χ1n) is 8.07. The Morgan fingerprint density at radius 1 is 1.14 bits per heavy atom. The van der Waals surface area contributed by atoms with Gasteiger partial charge in [-0.05, 0) is 25.7 Å². The molecule has 0 saturated carbocycles. The Hall–Kier alpha value is -1.34. The average Bonchev–Trinajstić information content (AvgIpc) is 2.57. The van der Waals surface area contributed by atoms with E-state index < -0.39 is 0 Å². The van der Waals surface area contributed by atoms with Crippen LogP contribution in [0.25, 0.3) is 0 Å². The molecule has 7 heteroatoms. The summed E-state index contributed by atoms with van der Waals surface area (Å²) in [6.45, 7) is 4.73. The normalized spacial score (nSPS) is 15.7. The van der Waals surface area contributed by atoms with Crippen LogP contribution in [-0.4, -0.2) is 76.9 Å². The monoisotopic (exact) mass is 314 g/mol. The molecule has 0 aliphatic carbocycles. The van der Waals surface area contributed by atoms with Gasteiger partial charge in [-0.1, -0.05) is 0 Å². The first kappa shape index (κ1) is 18.7. The number of guanidine groups is 1. The zero-order valence-corrected chi connectivity index (χ0v) is 13.9. The maximum absolute atomic E-state index is 12.0. The molecule has 0 aromatic heterocycles. The molecule has 1 heterocycles. The van der Waals surface area contributed by atoms with Crippen molar-refractivity contribution in [1.29, 1.82) is 0 Å². The van der Waals surface area contributed by atoms with Crippen molar-refractivity contribution in [3.63, 3.8) is 0 Å². The molecule has 22 heavy (non-hydrogen) atoms. The van der Waals surface area contributed by atoms with E-state index in [-0.39, 0.29) is 5.91 Å². The number of rotatable bonds is 9. The second-order valence-electron chi connectivity index (χ2n) is 5.25. The second kappa shape index (κ2) is 12.2. The Bertz CT molecular complexity index is 331. The molecule has 1 aliphatic rings. The summed E-state index contributed by atoms with van der Waals surface area (Å²) in [5, 5.41) is 6.24. The quantitative estimate of drug-likeness (QED) is 0.362. The van der Waals surface area contributed by atoms with Gasteiger partial charge in [-0.25, -0.2) is 0 Å². The van der Waals surface area contributed by atoms with Crippen LogP contribution in [0.2, 0.25) is 0 Å². The van der Waals surface area contributed by atoms with E-state index >= 15 is 0 Å². The lowest BCUT2D eigenvalue weighted by Crippen LogP contribution is -2.46. The van der Waals surface area contributed by atoms with Gasteiger partial charge in [-0.3, -0.25) is 9.79 Å². The van der Waals surface area contributed by atoms with Crippen molar-refractivity contribution in [3.05, 3.63) is 0 Å². The zero-order valence-electron chi connectivity index (χ0n) is 13.9. The third-order valence-corrected chi connectivity index (χ3v) is 3.53. The fraction of sp³-hybridized carbons (Fsp3) is 0.867. The van der Waals surface area contributed by atoms with Crippen molar-refractivity contribution < 1.29 is 14.3 Å². The van der Waals surface area contributed by atoms with Crippen molar-refractivity contribution in [3.8, 4) is 0 Å². The highest BCUT2D eigenvalue weighted by Gasteiger charge is 2.16. The second-order valence-corrected chi connectivity index (χ2v) is 5.25. The number of ether oxygens (including phenoxy) is 2. The van der Waals surface area contributed by atoms with Gasteiger partial charge in [0.2, 0.25) is 5.91 Å². The Kier molecular flexibility index (Phi) is 10.4. The van der Waals surface area contributed by atoms with E-state index in [0.717, 1.165) is 38.9 Å². The lowest BCUT2D eigenvalue weighted by Gasteiger charge is -2.27. The van der Waals surface area contributed by atoms with Gasteiger partial charge in [0.05, 0.1) is 19.8 Å². The topological polar surface area (TPSA) is 75.2 Å². The van der Waals surface area contributed by atoms with Crippen LogP contribution in [0.3, 0.4) is 0 Å². The van der Waals surface area contributed by atoms with Gasteiger partial charge < -0.3 is 25.0 Å². The molecule has 2 N–H and O–H groups in total. The van der Waals surface area contributed by atoms with Crippen LogP contribution >= 0.6 is 0 Å². The molecular formula is C15H30N4O3. The number of hydrogen-bond acceptors (Lipinski definition) is 4. The number of aliphatic imine (C=N–C) groups is 1. The summed E-state index contributed by atoms with van der Waals surface area (Å²) in [6.07, 6.45) is 4.33. The summed E-state index contributed by atoms with van der Waals surface area (Å²) in [6, 6.07) is 0. The number of methoxy groups -OCH3 is 1. The number of carbonyl (C=O) groups is 1. The SMILES string of the molecule is CN=C(NCCCOCCOC)NCC(=O)N1CCCCC1. The minimum absolute atomic E-state index is 0.144. The third-order valence-electron chi connectivity index (χ3n) is 3.53. The Morgan fingerprint density at radius 3 is 2.59 bits per heavy atom. The molecular weight excluding hydrogens is 284 g/mol. The summed E-state index contributed by atoms with van der Waals surface area (Å²) < 4.78 is 10.3. The molecule has 0 bridgehead atoms. The number of amides is 1. The lowest BCUT2D eigenvalue weighted by molar-refractivity contribution is -0.130. The number of carbonyl (C=O) groups excluding carboxylic acids is 1. The lowest BCUT2D eigenvalue weighted by atomic mass is 10.1. The zero-order chi connectivity index (χ0) is 16.0. The van der Waals surface area contributed by atoms with Crippen molar-refractivity contribution in [2.24, 2.45) is 4.99 Å². The molecule has 7 nitrogen and oxygen atoms in total. The van der Waals surface area contributed by atoms with Gasteiger partial charge in [0.15, 0.2) is 5.96 Å². The van der Waals surface area contributed by atoms with Crippen LogP contribution in [0.15, 0.2) is 4.99 Å². The van der Waals surface area contributed by atoms with E-state index in [9.17, 15) is 4.79 Å². The first-order valence-corrected chi connectivity index (χ1v) is 8.07. The Balaban J connectivity index is 2.07. The van der Waals surface area contributed by atoms with Gasteiger partial charge in [0, 0.05) is 40.4 Å². The largest absolute Gasteiger partial charge is 0.382 e. The van der Waals surface area contributed by atoms with Crippen molar-refractivity contribution in [2.75, 3.05) is 60.2 Å². The maximum atomic E-state index is 12.0. The summed E-state index contributed by atoms with van der Waals surface area (Å²) in [4.78, 5) is 18.1. The highest BCUT2D eigenvalue weighted by Crippen LogP contribution is 2.08. The molecule has 0 unspecified atom stereocenters. The maximum Gasteiger partial charge on any atom is 0.241 e. The average molecular weight is 314 g/mol. The summed E-state index contributed by atoms with van der Waals surface area (Å²) in [7, 11) is 3.36.